The van der Waals surface area contributed by atoms with Gasteiger partial charge in [-0.25, -0.2) is 0 Å². The highest BCUT2D eigenvalue weighted by Crippen LogP contribution is 2.30. The molecule has 2 aromatic rings. The average Bonchev–Trinajstić information content (AvgIpc) is 3.16. The molecule has 2 aliphatic heterocycles. The van der Waals surface area contributed by atoms with Gasteiger partial charge >= 0.3 is 0 Å². The number of amides is 1. The quantitative estimate of drug-likeness (QED) is 0.758. The van der Waals surface area contributed by atoms with Crippen LogP contribution in [0.5, 0.6) is 0 Å². The summed E-state index contributed by atoms with van der Waals surface area (Å²) in [4.78, 5) is 14.8. The number of morpholine rings is 1. The van der Waals surface area contributed by atoms with Crippen LogP contribution >= 0.6 is 0 Å². The summed E-state index contributed by atoms with van der Waals surface area (Å²) in [5.41, 5.74) is 1.06. The number of hydrogen-bond acceptors (Lipinski definition) is 5. The molecule has 1 atom stereocenters. The van der Waals surface area contributed by atoms with Crippen molar-refractivity contribution in [2.45, 2.75) is 12.0 Å². The largest absolute Gasteiger partial charge is 0.379 e. The summed E-state index contributed by atoms with van der Waals surface area (Å²) in [5.74, 6) is 0.0133. The van der Waals surface area contributed by atoms with Crippen LogP contribution in [0.4, 0.5) is 0 Å². The Hall–Kier alpha value is -1.99. The maximum absolute atomic E-state index is 12.9. The number of fused-ring (bicyclic) bond motifs is 1. The Bertz CT molecular complexity index is 678. The SMILES string of the molecule is O=C(c1ccc2nncn2c1)N1CCOCC12CCOC2. The molecular weight excluding hydrogens is 272 g/mol. The summed E-state index contributed by atoms with van der Waals surface area (Å²) in [6.45, 7) is 2.95. The Kier molecular flexibility index (Phi) is 2.90. The molecule has 2 aromatic heterocycles. The van der Waals surface area contributed by atoms with Crippen molar-refractivity contribution in [3.05, 3.63) is 30.2 Å². The van der Waals surface area contributed by atoms with Gasteiger partial charge in [0.25, 0.3) is 5.91 Å². The fraction of sp³-hybridized carbons (Fsp3) is 0.500. The van der Waals surface area contributed by atoms with Crippen LogP contribution in [0, 0.1) is 0 Å². The van der Waals surface area contributed by atoms with Crippen LogP contribution in [0.25, 0.3) is 5.65 Å². The molecule has 2 aliphatic rings. The molecule has 0 N–H and O–H groups in total. The van der Waals surface area contributed by atoms with Crippen molar-refractivity contribution in [1.29, 1.82) is 0 Å². The summed E-state index contributed by atoms with van der Waals surface area (Å²) < 4.78 is 12.9. The summed E-state index contributed by atoms with van der Waals surface area (Å²) >= 11 is 0. The second-order valence-corrected chi connectivity index (χ2v) is 5.55. The lowest BCUT2D eigenvalue weighted by molar-refractivity contribution is -0.0551. The summed E-state index contributed by atoms with van der Waals surface area (Å²) in [5, 5.41) is 7.78. The van der Waals surface area contributed by atoms with Gasteiger partial charge in [0.1, 0.15) is 6.33 Å². The van der Waals surface area contributed by atoms with Gasteiger partial charge in [0.05, 0.1) is 30.9 Å². The third kappa shape index (κ3) is 2.00. The summed E-state index contributed by atoms with van der Waals surface area (Å²) in [6.07, 6.45) is 4.20. The van der Waals surface area contributed by atoms with Gasteiger partial charge in [0.15, 0.2) is 5.65 Å². The fourth-order valence-corrected chi connectivity index (χ4v) is 3.08. The molecular formula is C14H16N4O3. The van der Waals surface area contributed by atoms with Crippen LogP contribution in [0.2, 0.25) is 0 Å². The van der Waals surface area contributed by atoms with Gasteiger partial charge in [-0.3, -0.25) is 9.20 Å². The van der Waals surface area contributed by atoms with E-state index in [1.807, 2.05) is 4.90 Å². The van der Waals surface area contributed by atoms with Gasteiger partial charge in [-0.1, -0.05) is 0 Å². The van der Waals surface area contributed by atoms with E-state index in [1.54, 1.807) is 29.1 Å². The maximum atomic E-state index is 12.9. The molecule has 7 nitrogen and oxygen atoms in total. The van der Waals surface area contributed by atoms with E-state index in [9.17, 15) is 4.79 Å². The number of carbonyl (C=O) groups is 1. The van der Waals surface area contributed by atoms with Gasteiger partial charge in [0, 0.05) is 19.3 Å². The molecule has 2 fully saturated rings. The van der Waals surface area contributed by atoms with Gasteiger partial charge < -0.3 is 14.4 Å². The predicted octanol–water partition coefficient (Wildman–Crippen LogP) is 0.361. The zero-order valence-electron chi connectivity index (χ0n) is 11.6. The van der Waals surface area contributed by atoms with E-state index < -0.39 is 0 Å². The van der Waals surface area contributed by atoms with Crippen LogP contribution in [0.1, 0.15) is 16.8 Å². The smallest absolute Gasteiger partial charge is 0.256 e. The highest BCUT2D eigenvalue weighted by Gasteiger charge is 2.45. The Morgan fingerprint density at radius 2 is 2.10 bits per heavy atom. The third-order valence-corrected chi connectivity index (χ3v) is 4.27. The summed E-state index contributed by atoms with van der Waals surface area (Å²) in [7, 11) is 0. The molecule has 0 aromatic carbocycles. The third-order valence-electron chi connectivity index (χ3n) is 4.27. The summed E-state index contributed by atoms with van der Waals surface area (Å²) in [6, 6.07) is 3.60. The number of rotatable bonds is 1. The maximum Gasteiger partial charge on any atom is 0.256 e. The molecule has 1 amide bonds. The van der Waals surface area contributed by atoms with Crippen molar-refractivity contribution in [1.82, 2.24) is 19.5 Å². The van der Waals surface area contributed by atoms with E-state index in [2.05, 4.69) is 10.2 Å². The second kappa shape index (κ2) is 4.78. The van der Waals surface area contributed by atoms with Gasteiger partial charge in [0.2, 0.25) is 0 Å². The zero-order chi connectivity index (χ0) is 14.3. The van der Waals surface area contributed by atoms with Crippen molar-refractivity contribution in [3.63, 3.8) is 0 Å². The monoisotopic (exact) mass is 288 g/mol. The van der Waals surface area contributed by atoms with Crippen molar-refractivity contribution >= 4 is 11.6 Å². The fourth-order valence-electron chi connectivity index (χ4n) is 3.08. The van der Waals surface area contributed by atoms with Crippen LogP contribution < -0.4 is 0 Å². The number of ether oxygens (including phenoxy) is 2. The molecule has 21 heavy (non-hydrogen) atoms. The Morgan fingerprint density at radius 3 is 2.95 bits per heavy atom. The first-order valence-corrected chi connectivity index (χ1v) is 7.05. The topological polar surface area (TPSA) is 69.0 Å². The number of aromatic nitrogens is 3. The van der Waals surface area contributed by atoms with Crippen molar-refractivity contribution in [3.8, 4) is 0 Å². The number of nitrogens with zero attached hydrogens (tertiary/aromatic N) is 4. The molecule has 1 spiro atoms. The minimum Gasteiger partial charge on any atom is -0.379 e. The Balaban J connectivity index is 1.68. The van der Waals surface area contributed by atoms with E-state index in [0.717, 1.165) is 12.1 Å². The van der Waals surface area contributed by atoms with E-state index in [-0.39, 0.29) is 11.4 Å². The molecule has 0 aliphatic carbocycles. The lowest BCUT2D eigenvalue weighted by Gasteiger charge is -2.43. The zero-order valence-corrected chi connectivity index (χ0v) is 11.6. The molecule has 0 radical (unpaired) electrons. The standard InChI is InChI=1S/C14H16N4O3/c19-13(11-1-2-12-16-15-10-17(12)7-11)18-4-6-21-9-14(18)3-5-20-8-14/h1-2,7,10H,3-6,8-9H2. The first-order valence-electron chi connectivity index (χ1n) is 7.05. The molecule has 110 valence electrons. The average molecular weight is 288 g/mol. The van der Waals surface area contributed by atoms with Crippen molar-refractivity contribution < 1.29 is 14.3 Å². The lowest BCUT2D eigenvalue weighted by Crippen LogP contribution is -2.59. The van der Waals surface area contributed by atoms with Crippen LogP contribution in [0.3, 0.4) is 0 Å². The van der Waals surface area contributed by atoms with E-state index in [0.29, 0.717) is 38.5 Å². The molecule has 0 saturated carbocycles. The highest BCUT2D eigenvalue weighted by molar-refractivity contribution is 5.95. The molecule has 2 saturated heterocycles. The minimum absolute atomic E-state index is 0.0133. The molecule has 7 heteroatoms. The van der Waals surface area contributed by atoms with Crippen LogP contribution in [0.15, 0.2) is 24.7 Å². The van der Waals surface area contributed by atoms with Gasteiger partial charge in [-0.05, 0) is 18.6 Å². The molecule has 1 unspecified atom stereocenters. The first-order chi connectivity index (χ1) is 10.3. The number of carbonyl (C=O) groups excluding carboxylic acids is 1. The Labute approximate surface area is 121 Å². The molecule has 4 rings (SSSR count). The minimum atomic E-state index is -0.308. The predicted molar refractivity (Wildman–Crippen MR) is 73.0 cm³/mol. The molecule has 0 bridgehead atoms. The first kappa shape index (κ1) is 12.7. The second-order valence-electron chi connectivity index (χ2n) is 5.55. The van der Waals surface area contributed by atoms with E-state index in [1.165, 1.54) is 0 Å². The van der Waals surface area contributed by atoms with Gasteiger partial charge in [-0.15, -0.1) is 10.2 Å². The Morgan fingerprint density at radius 1 is 1.24 bits per heavy atom. The molecule has 4 heterocycles. The number of hydrogen-bond donors (Lipinski definition) is 0. The van der Waals surface area contributed by atoms with E-state index in [4.69, 9.17) is 9.47 Å². The van der Waals surface area contributed by atoms with Crippen LogP contribution in [-0.2, 0) is 9.47 Å². The number of pyridine rings is 1. The van der Waals surface area contributed by atoms with Crippen LogP contribution in [-0.4, -0.2) is 63.9 Å². The highest BCUT2D eigenvalue weighted by atomic mass is 16.5. The van der Waals surface area contributed by atoms with Gasteiger partial charge in [-0.2, -0.15) is 0 Å². The van der Waals surface area contributed by atoms with Crippen molar-refractivity contribution in [2.24, 2.45) is 0 Å². The van der Waals surface area contributed by atoms with E-state index >= 15 is 0 Å². The normalized spacial score (nSPS) is 25.8. The van der Waals surface area contributed by atoms with Crippen molar-refractivity contribution in [2.75, 3.05) is 33.0 Å². The lowest BCUT2D eigenvalue weighted by atomic mass is 9.95.